The van der Waals surface area contributed by atoms with Crippen molar-refractivity contribution in [2.45, 2.75) is 13.8 Å². The molecule has 0 spiro atoms. The van der Waals surface area contributed by atoms with E-state index in [9.17, 15) is 14.9 Å². The van der Waals surface area contributed by atoms with E-state index in [1.54, 1.807) is 13.0 Å². The quantitative estimate of drug-likeness (QED) is 0.365. The minimum Gasteiger partial charge on any atom is -0.308 e. The van der Waals surface area contributed by atoms with E-state index in [1.165, 1.54) is 29.5 Å². The highest BCUT2D eigenvalue weighted by Crippen LogP contribution is 2.30. The lowest BCUT2D eigenvalue weighted by atomic mass is 10.1. The van der Waals surface area contributed by atoms with Crippen LogP contribution in [0.1, 0.15) is 21.5 Å². The highest BCUT2D eigenvalue weighted by Gasteiger charge is 2.15. The monoisotopic (exact) mass is 420 g/mol. The fourth-order valence-corrected chi connectivity index (χ4v) is 3.77. The number of benzene rings is 2. The lowest BCUT2D eigenvalue weighted by Gasteiger charge is -2.07. The van der Waals surface area contributed by atoms with Crippen molar-refractivity contribution in [1.29, 1.82) is 0 Å². The van der Waals surface area contributed by atoms with Crippen molar-refractivity contribution in [3.8, 4) is 0 Å². The molecule has 7 nitrogen and oxygen atoms in total. The average Bonchev–Trinajstić information content (AvgIpc) is 2.95. The molecular formula is C17H13ClN4O3S2. The summed E-state index contributed by atoms with van der Waals surface area (Å²) in [4.78, 5) is 27.1. The van der Waals surface area contributed by atoms with E-state index in [4.69, 9.17) is 23.8 Å². The number of carbonyl (C=O) groups is 1. The second-order valence-corrected chi connectivity index (χ2v) is 7.60. The maximum Gasteiger partial charge on any atom is 0.272 e. The molecule has 0 bridgehead atoms. The van der Waals surface area contributed by atoms with Crippen molar-refractivity contribution >= 4 is 67.2 Å². The number of nitro benzene ring substituents is 1. The zero-order chi connectivity index (χ0) is 19.7. The number of amides is 1. The first-order valence-corrected chi connectivity index (χ1v) is 9.29. The standard InChI is InChI=1S/C17H13ClN4O3S2/c1-8-6-14-12(7-11(8)18)19-17(27-14)21-16(26)20-15(23)10-3-4-13(22(24)25)9(2)5-10/h3-7H,1-2H3,(H2,19,20,21,23,26). The summed E-state index contributed by atoms with van der Waals surface area (Å²) in [6.07, 6.45) is 0. The van der Waals surface area contributed by atoms with Crippen molar-refractivity contribution in [3.05, 3.63) is 62.2 Å². The molecule has 0 saturated carbocycles. The van der Waals surface area contributed by atoms with Crippen molar-refractivity contribution in [1.82, 2.24) is 10.3 Å². The van der Waals surface area contributed by atoms with Gasteiger partial charge in [-0.2, -0.15) is 0 Å². The van der Waals surface area contributed by atoms with Crippen LogP contribution in [0.15, 0.2) is 30.3 Å². The molecule has 0 aliphatic rings. The summed E-state index contributed by atoms with van der Waals surface area (Å²) in [6, 6.07) is 7.82. The molecule has 3 aromatic rings. The van der Waals surface area contributed by atoms with E-state index in [1.807, 2.05) is 13.0 Å². The maximum absolute atomic E-state index is 12.3. The predicted octanol–water partition coefficient (Wildman–Crippen LogP) is 4.60. The molecule has 27 heavy (non-hydrogen) atoms. The Bertz CT molecular complexity index is 1060. The molecule has 1 heterocycles. The number of nitro groups is 1. The minimum absolute atomic E-state index is 0.0457. The van der Waals surface area contributed by atoms with Gasteiger partial charge in [-0.15, -0.1) is 0 Å². The second kappa shape index (κ2) is 7.55. The summed E-state index contributed by atoms with van der Waals surface area (Å²) >= 11 is 12.6. The lowest BCUT2D eigenvalue weighted by molar-refractivity contribution is -0.385. The van der Waals surface area contributed by atoms with Gasteiger partial charge >= 0.3 is 0 Å². The van der Waals surface area contributed by atoms with E-state index < -0.39 is 10.8 Å². The first kappa shape index (κ1) is 19.2. The first-order chi connectivity index (χ1) is 12.7. The van der Waals surface area contributed by atoms with Gasteiger partial charge in [0.2, 0.25) is 0 Å². The van der Waals surface area contributed by atoms with E-state index in [2.05, 4.69) is 15.6 Å². The van der Waals surface area contributed by atoms with Gasteiger partial charge in [0.15, 0.2) is 10.2 Å². The van der Waals surface area contributed by atoms with Crippen LogP contribution in [-0.4, -0.2) is 20.9 Å². The summed E-state index contributed by atoms with van der Waals surface area (Å²) in [5.74, 6) is -0.467. The Hall–Kier alpha value is -2.62. The number of carbonyl (C=O) groups excluding carboxylic acids is 1. The number of hydrogen-bond acceptors (Lipinski definition) is 6. The van der Waals surface area contributed by atoms with Gasteiger partial charge in [-0.05, 0) is 55.9 Å². The zero-order valence-electron chi connectivity index (χ0n) is 14.2. The van der Waals surface area contributed by atoms with Gasteiger partial charge in [0.05, 0.1) is 15.1 Å². The van der Waals surface area contributed by atoms with Gasteiger partial charge in [0.25, 0.3) is 11.6 Å². The van der Waals surface area contributed by atoms with Crippen LogP contribution in [0.4, 0.5) is 10.8 Å². The molecule has 0 radical (unpaired) electrons. The van der Waals surface area contributed by atoms with Gasteiger partial charge in [-0.3, -0.25) is 20.2 Å². The molecule has 1 aromatic heterocycles. The Morgan fingerprint density at radius 2 is 2.00 bits per heavy atom. The fraction of sp³-hybridized carbons (Fsp3) is 0.118. The molecule has 0 fully saturated rings. The average molecular weight is 421 g/mol. The summed E-state index contributed by atoms with van der Waals surface area (Å²) < 4.78 is 0.944. The number of fused-ring (bicyclic) bond motifs is 1. The van der Waals surface area contributed by atoms with Gasteiger partial charge in [-0.25, -0.2) is 4.98 Å². The minimum atomic E-state index is -0.496. The van der Waals surface area contributed by atoms with Crippen LogP contribution in [0.3, 0.4) is 0 Å². The number of thiocarbonyl (C=S) groups is 1. The molecule has 0 unspecified atom stereocenters. The molecule has 1 amide bonds. The van der Waals surface area contributed by atoms with Crippen LogP contribution in [-0.2, 0) is 0 Å². The third kappa shape index (κ3) is 4.21. The number of nitrogens with zero attached hydrogens (tertiary/aromatic N) is 2. The molecule has 0 aliphatic carbocycles. The SMILES string of the molecule is Cc1cc2sc(NC(=S)NC(=O)c3ccc([N+](=O)[O-])c(C)c3)nc2cc1Cl. The summed E-state index contributed by atoms with van der Waals surface area (Å²) in [7, 11) is 0. The van der Waals surface area contributed by atoms with Crippen LogP contribution in [0.25, 0.3) is 10.2 Å². The number of anilines is 1. The van der Waals surface area contributed by atoms with Crippen molar-refractivity contribution in [2.75, 3.05) is 5.32 Å². The molecule has 2 aromatic carbocycles. The van der Waals surface area contributed by atoms with Gasteiger partial charge in [-0.1, -0.05) is 22.9 Å². The number of rotatable bonds is 3. The van der Waals surface area contributed by atoms with E-state index in [-0.39, 0.29) is 16.4 Å². The lowest BCUT2D eigenvalue weighted by Crippen LogP contribution is -2.34. The van der Waals surface area contributed by atoms with Crippen LogP contribution in [0.5, 0.6) is 0 Å². The number of hydrogen-bond donors (Lipinski definition) is 2. The third-order valence-electron chi connectivity index (χ3n) is 3.77. The fourth-order valence-electron chi connectivity index (χ4n) is 2.41. The number of nitrogens with one attached hydrogen (secondary N) is 2. The maximum atomic E-state index is 12.3. The van der Waals surface area contributed by atoms with Gasteiger partial charge in [0, 0.05) is 22.2 Å². The Kier molecular flexibility index (Phi) is 5.36. The van der Waals surface area contributed by atoms with Crippen LogP contribution < -0.4 is 10.6 Å². The number of aromatic nitrogens is 1. The van der Waals surface area contributed by atoms with Crippen LogP contribution in [0, 0.1) is 24.0 Å². The molecule has 0 aliphatic heterocycles. The van der Waals surface area contributed by atoms with Gasteiger partial charge < -0.3 is 5.32 Å². The summed E-state index contributed by atoms with van der Waals surface area (Å²) in [5, 5.41) is 17.5. The van der Waals surface area contributed by atoms with Crippen LogP contribution >= 0.6 is 35.2 Å². The largest absolute Gasteiger partial charge is 0.308 e. The molecule has 138 valence electrons. The topological polar surface area (TPSA) is 97.2 Å². The third-order valence-corrected chi connectivity index (χ3v) is 5.32. The Morgan fingerprint density at radius 1 is 1.26 bits per heavy atom. The smallest absolute Gasteiger partial charge is 0.272 e. The Labute approximate surface area is 168 Å². The van der Waals surface area contributed by atoms with Crippen molar-refractivity contribution < 1.29 is 9.72 Å². The highest BCUT2D eigenvalue weighted by atomic mass is 35.5. The zero-order valence-corrected chi connectivity index (χ0v) is 16.6. The molecule has 0 saturated heterocycles. The van der Waals surface area contributed by atoms with Crippen LogP contribution in [0.2, 0.25) is 5.02 Å². The van der Waals surface area contributed by atoms with Crippen molar-refractivity contribution in [3.63, 3.8) is 0 Å². The van der Waals surface area contributed by atoms with E-state index in [0.717, 1.165) is 15.8 Å². The number of aryl methyl sites for hydroxylation is 2. The van der Waals surface area contributed by atoms with Gasteiger partial charge in [0.1, 0.15) is 0 Å². The summed E-state index contributed by atoms with van der Waals surface area (Å²) in [6.45, 7) is 3.48. The Morgan fingerprint density at radius 3 is 2.67 bits per heavy atom. The second-order valence-electron chi connectivity index (χ2n) is 5.75. The molecule has 3 rings (SSSR count). The summed E-state index contributed by atoms with van der Waals surface area (Å²) in [5.41, 5.74) is 2.30. The molecule has 0 atom stereocenters. The number of thiazole rings is 1. The first-order valence-electron chi connectivity index (χ1n) is 7.68. The van der Waals surface area contributed by atoms with E-state index >= 15 is 0 Å². The highest BCUT2D eigenvalue weighted by molar-refractivity contribution is 7.80. The van der Waals surface area contributed by atoms with E-state index in [0.29, 0.717) is 15.7 Å². The molecule has 10 heteroatoms. The molecular weight excluding hydrogens is 408 g/mol. The Balaban J connectivity index is 1.71. The van der Waals surface area contributed by atoms with Crippen molar-refractivity contribution in [2.24, 2.45) is 0 Å². The molecule has 2 N–H and O–H groups in total. The normalized spacial score (nSPS) is 10.6. The number of halogens is 1. The predicted molar refractivity (Wildman–Crippen MR) is 111 cm³/mol.